The van der Waals surface area contributed by atoms with Crippen LogP contribution in [0.25, 0.3) is 6.08 Å². The van der Waals surface area contributed by atoms with Gasteiger partial charge in [-0.15, -0.1) is 0 Å². The van der Waals surface area contributed by atoms with Gasteiger partial charge in [-0.05, 0) is 66.9 Å². The third-order valence-corrected chi connectivity index (χ3v) is 6.52. The Hall–Kier alpha value is -3.18. The number of rotatable bonds is 7. The summed E-state index contributed by atoms with van der Waals surface area (Å²) in [6.07, 6.45) is 2.93. The van der Waals surface area contributed by atoms with E-state index in [1.165, 1.54) is 5.56 Å². The Kier molecular flexibility index (Phi) is 6.86. The van der Waals surface area contributed by atoms with Crippen LogP contribution in [0.1, 0.15) is 35.4 Å². The highest BCUT2D eigenvalue weighted by Gasteiger charge is 2.38. The summed E-state index contributed by atoms with van der Waals surface area (Å²) < 4.78 is 11.0. The quantitative estimate of drug-likeness (QED) is 0.384. The first-order chi connectivity index (χ1) is 15.6. The van der Waals surface area contributed by atoms with Crippen LogP contribution in [0.2, 0.25) is 0 Å². The average molecular weight is 446 g/mol. The standard InChI is InChI=1S/C27H27NO3S/c1-4-17-31-24-13-7-20(8-14-24)18-25-26(29)28(22-11-15-23(30-3)16-12-22)27(32-25)21-9-5-19(2)6-10-21/h5-16,18,27H,4,17H2,1-3H3/b25-18+/t27-/m0/s1. The Morgan fingerprint density at radius 3 is 2.22 bits per heavy atom. The summed E-state index contributed by atoms with van der Waals surface area (Å²) in [5.74, 6) is 1.61. The Labute approximate surface area is 193 Å². The molecule has 1 aliphatic heterocycles. The van der Waals surface area contributed by atoms with Gasteiger partial charge in [-0.25, -0.2) is 0 Å². The molecular weight excluding hydrogens is 418 g/mol. The van der Waals surface area contributed by atoms with Crippen LogP contribution in [0.15, 0.2) is 77.7 Å². The number of hydrogen-bond donors (Lipinski definition) is 0. The highest BCUT2D eigenvalue weighted by molar-refractivity contribution is 8.05. The fraction of sp³-hybridized carbons (Fsp3) is 0.222. The lowest BCUT2D eigenvalue weighted by atomic mass is 10.1. The molecule has 0 unspecified atom stereocenters. The van der Waals surface area contributed by atoms with Crippen molar-refractivity contribution in [3.63, 3.8) is 0 Å². The Morgan fingerprint density at radius 1 is 0.938 bits per heavy atom. The van der Waals surface area contributed by atoms with Crippen LogP contribution in [0.3, 0.4) is 0 Å². The lowest BCUT2D eigenvalue weighted by molar-refractivity contribution is -0.114. The molecule has 0 aromatic heterocycles. The van der Waals surface area contributed by atoms with Gasteiger partial charge in [0, 0.05) is 5.69 Å². The Balaban J connectivity index is 1.66. The van der Waals surface area contributed by atoms with E-state index >= 15 is 0 Å². The van der Waals surface area contributed by atoms with E-state index in [0.29, 0.717) is 11.5 Å². The minimum absolute atomic E-state index is 0.00273. The molecule has 1 aliphatic rings. The van der Waals surface area contributed by atoms with E-state index < -0.39 is 0 Å². The SMILES string of the molecule is CCCOc1ccc(/C=C2/S[C@@H](c3ccc(C)cc3)N(c3ccc(OC)cc3)C2=O)cc1. The second-order valence-electron chi connectivity index (χ2n) is 7.68. The number of ether oxygens (including phenoxy) is 2. The summed E-state index contributed by atoms with van der Waals surface area (Å²) in [6, 6.07) is 23.9. The first-order valence-corrected chi connectivity index (χ1v) is 11.6. The number of anilines is 1. The molecule has 0 saturated carbocycles. The number of carbonyl (C=O) groups excluding carboxylic acids is 1. The van der Waals surface area contributed by atoms with Gasteiger partial charge in [0.05, 0.1) is 18.6 Å². The summed E-state index contributed by atoms with van der Waals surface area (Å²) >= 11 is 1.58. The van der Waals surface area contributed by atoms with Gasteiger partial charge in [0.2, 0.25) is 0 Å². The van der Waals surface area contributed by atoms with Crippen molar-refractivity contribution < 1.29 is 14.3 Å². The molecule has 1 heterocycles. The molecule has 4 nitrogen and oxygen atoms in total. The number of aryl methyl sites for hydroxylation is 1. The van der Waals surface area contributed by atoms with Crippen LogP contribution in [0.5, 0.6) is 11.5 Å². The zero-order chi connectivity index (χ0) is 22.5. The summed E-state index contributed by atoms with van der Waals surface area (Å²) in [6.45, 7) is 4.85. The summed E-state index contributed by atoms with van der Waals surface area (Å²) in [5.41, 5.74) is 4.11. The van der Waals surface area contributed by atoms with Crippen molar-refractivity contribution in [1.82, 2.24) is 0 Å². The summed E-state index contributed by atoms with van der Waals surface area (Å²) in [5, 5.41) is -0.130. The number of benzene rings is 3. The van der Waals surface area contributed by atoms with Crippen LogP contribution in [-0.4, -0.2) is 19.6 Å². The number of hydrogen-bond acceptors (Lipinski definition) is 4. The topological polar surface area (TPSA) is 38.8 Å². The second kappa shape index (κ2) is 9.96. The normalized spacial score (nSPS) is 17.1. The van der Waals surface area contributed by atoms with Gasteiger partial charge in [0.1, 0.15) is 16.9 Å². The van der Waals surface area contributed by atoms with E-state index in [1.807, 2.05) is 59.5 Å². The molecule has 0 spiro atoms. The molecule has 0 aliphatic carbocycles. The zero-order valence-corrected chi connectivity index (χ0v) is 19.4. The van der Waals surface area contributed by atoms with Crippen molar-refractivity contribution in [2.75, 3.05) is 18.6 Å². The predicted molar refractivity (Wildman–Crippen MR) is 132 cm³/mol. The van der Waals surface area contributed by atoms with Crippen LogP contribution >= 0.6 is 11.8 Å². The van der Waals surface area contributed by atoms with Crippen LogP contribution < -0.4 is 14.4 Å². The van der Waals surface area contributed by atoms with E-state index in [0.717, 1.165) is 34.7 Å². The predicted octanol–water partition coefficient (Wildman–Crippen LogP) is 6.61. The number of methoxy groups -OCH3 is 1. The van der Waals surface area contributed by atoms with Gasteiger partial charge >= 0.3 is 0 Å². The average Bonchev–Trinajstić information content (AvgIpc) is 3.15. The zero-order valence-electron chi connectivity index (χ0n) is 18.6. The first kappa shape index (κ1) is 22.0. The molecule has 0 N–H and O–H groups in total. The number of carbonyl (C=O) groups is 1. The Bertz CT molecular complexity index is 1090. The molecule has 1 atom stereocenters. The van der Waals surface area contributed by atoms with Gasteiger partial charge in [0.25, 0.3) is 5.91 Å². The van der Waals surface area contributed by atoms with E-state index in [1.54, 1.807) is 18.9 Å². The highest BCUT2D eigenvalue weighted by Crippen LogP contribution is 2.48. The van der Waals surface area contributed by atoms with Crippen molar-refractivity contribution >= 4 is 29.4 Å². The monoisotopic (exact) mass is 445 g/mol. The van der Waals surface area contributed by atoms with Crippen molar-refractivity contribution in [2.45, 2.75) is 25.6 Å². The molecule has 1 fully saturated rings. The maximum atomic E-state index is 13.5. The summed E-state index contributed by atoms with van der Waals surface area (Å²) in [7, 11) is 1.64. The van der Waals surface area contributed by atoms with Gasteiger partial charge < -0.3 is 9.47 Å². The molecule has 0 bridgehead atoms. The van der Waals surface area contributed by atoms with Crippen LogP contribution in [-0.2, 0) is 4.79 Å². The number of nitrogens with zero attached hydrogens (tertiary/aromatic N) is 1. The fourth-order valence-corrected chi connectivity index (χ4v) is 4.78. The van der Waals surface area contributed by atoms with Gasteiger partial charge in [-0.1, -0.05) is 60.6 Å². The molecule has 32 heavy (non-hydrogen) atoms. The molecule has 3 aromatic rings. The largest absolute Gasteiger partial charge is 0.497 e. The Morgan fingerprint density at radius 2 is 1.59 bits per heavy atom. The van der Waals surface area contributed by atoms with Crippen LogP contribution in [0, 0.1) is 6.92 Å². The van der Waals surface area contributed by atoms with Crippen LogP contribution in [0.4, 0.5) is 5.69 Å². The molecule has 0 radical (unpaired) electrons. The number of amides is 1. The lowest BCUT2D eigenvalue weighted by Gasteiger charge is -2.24. The van der Waals surface area contributed by atoms with Crippen molar-refractivity contribution in [2.24, 2.45) is 0 Å². The molecule has 3 aromatic carbocycles. The first-order valence-electron chi connectivity index (χ1n) is 10.7. The molecule has 4 rings (SSSR count). The van der Waals surface area contributed by atoms with Gasteiger partial charge in [-0.2, -0.15) is 0 Å². The molecule has 1 amide bonds. The van der Waals surface area contributed by atoms with Crippen molar-refractivity contribution in [1.29, 1.82) is 0 Å². The number of thioether (sulfide) groups is 1. The maximum Gasteiger partial charge on any atom is 0.266 e. The molecule has 1 saturated heterocycles. The minimum atomic E-state index is -0.130. The third-order valence-electron chi connectivity index (χ3n) is 5.27. The smallest absolute Gasteiger partial charge is 0.266 e. The van der Waals surface area contributed by atoms with E-state index in [4.69, 9.17) is 9.47 Å². The van der Waals surface area contributed by atoms with E-state index in [9.17, 15) is 4.79 Å². The second-order valence-corrected chi connectivity index (χ2v) is 8.80. The lowest BCUT2D eigenvalue weighted by Crippen LogP contribution is -2.27. The van der Waals surface area contributed by atoms with Gasteiger partial charge in [0.15, 0.2) is 0 Å². The fourth-order valence-electron chi connectivity index (χ4n) is 3.52. The summed E-state index contributed by atoms with van der Waals surface area (Å²) in [4.78, 5) is 16.1. The highest BCUT2D eigenvalue weighted by atomic mass is 32.2. The maximum absolute atomic E-state index is 13.5. The van der Waals surface area contributed by atoms with Crippen molar-refractivity contribution in [3.05, 3.63) is 94.4 Å². The molecule has 5 heteroatoms. The van der Waals surface area contributed by atoms with E-state index in [2.05, 4.69) is 38.1 Å². The molecule has 164 valence electrons. The van der Waals surface area contributed by atoms with Gasteiger partial charge in [-0.3, -0.25) is 9.69 Å². The molecular formula is C27H27NO3S. The third kappa shape index (κ3) is 4.83. The minimum Gasteiger partial charge on any atom is -0.497 e. The van der Waals surface area contributed by atoms with E-state index in [-0.39, 0.29) is 11.3 Å². The van der Waals surface area contributed by atoms with Crippen molar-refractivity contribution in [3.8, 4) is 11.5 Å².